The molecule has 0 saturated heterocycles. The topological polar surface area (TPSA) is 52.6 Å². The fourth-order valence-corrected chi connectivity index (χ4v) is 2.69. The molecular weight excluding hydrogens is 352 g/mol. The van der Waals surface area contributed by atoms with Gasteiger partial charge in [0, 0.05) is 5.02 Å². The number of rotatable bonds is 6. The van der Waals surface area contributed by atoms with Crippen molar-refractivity contribution in [3.8, 4) is 11.1 Å². The summed E-state index contributed by atoms with van der Waals surface area (Å²) in [5.41, 5.74) is 2.52. The van der Waals surface area contributed by atoms with E-state index in [0.717, 1.165) is 11.1 Å². The summed E-state index contributed by atoms with van der Waals surface area (Å²) in [5, 5.41) is 0.481. The zero-order valence-corrected chi connectivity index (χ0v) is 16.2. The fraction of sp³-hybridized carbons (Fsp3) is 0.333. The maximum atomic E-state index is 12.2. The minimum atomic E-state index is -1.33. The second-order valence-electron chi connectivity index (χ2n) is 6.55. The van der Waals surface area contributed by atoms with Crippen LogP contribution in [-0.4, -0.2) is 24.1 Å². The Bertz CT molecular complexity index is 794. The van der Waals surface area contributed by atoms with Gasteiger partial charge in [-0.3, -0.25) is 4.79 Å². The highest BCUT2D eigenvalue weighted by Gasteiger charge is 2.33. The number of carbonyl (C=O) groups is 2. The van der Waals surface area contributed by atoms with E-state index in [1.54, 1.807) is 13.0 Å². The molecule has 0 atom stereocenters. The fourth-order valence-electron chi connectivity index (χ4n) is 2.44. The van der Waals surface area contributed by atoms with Crippen molar-refractivity contribution in [1.82, 2.24) is 0 Å². The van der Waals surface area contributed by atoms with E-state index in [4.69, 9.17) is 21.1 Å². The first-order valence-electron chi connectivity index (χ1n) is 8.47. The third kappa shape index (κ3) is 5.09. The lowest BCUT2D eigenvalue weighted by atomic mass is 10.0. The van der Waals surface area contributed by atoms with Gasteiger partial charge in [-0.25, -0.2) is 4.79 Å². The number of ether oxygens (including phenoxy) is 2. The first-order chi connectivity index (χ1) is 12.2. The molecule has 0 aliphatic rings. The van der Waals surface area contributed by atoms with E-state index in [0.29, 0.717) is 10.6 Å². The number of carbonyl (C=O) groups excluding carboxylic acids is 2. The normalized spacial score (nSPS) is 11.1. The summed E-state index contributed by atoms with van der Waals surface area (Å²) < 4.78 is 10.2. The maximum absolute atomic E-state index is 12.2. The lowest BCUT2D eigenvalue weighted by molar-refractivity contribution is -0.177. The van der Waals surface area contributed by atoms with Gasteiger partial charge in [0.2, 0.25) is 5.60 Å². The van der Waals surface area contributed by atoms with Crippen LogP contribution < -0.4 is 0 Å². The molecule has 0 spiro atoms. The van der Waals surface area contributed by atoms with Crippen molar-refractivity contribution < 1.29 is 19.1 Å². The van der Waals surface area contributed by atoms with Crippen molar-refractivity contribution in [1.29, 1.82) is 0 Å². The number of benzene rings is 2. The van der Waals surface area contributed by atoms with Gasteiger partial charge in [-0.15, -0.1) is 0 Å². The molecule has 0 bridgehead atoms. The Hall–Kier alpha value is -2.33. The van der Waals surface area contributed by atoms with Crippen LogP contribution in [0.2, 0.25) is 5.02 Å². The van der Waals surface area contributed by atoms with Crippen LogP contribution in [0.15, 0.2) is 42.5 Å². The molecule has 0 N–H and O–H groups in total. The summed E-state index contributed by atoms with van der Waals surface area (Å²) in [6, 6.07) is 13.7. The highest BCUT2D eigenvalue weighted by atomic mass is 35.5. The molecule has 0 aliphatic carbocycles. The van der Waals surface area contributed by atoms with Crippen LogP contribution in [0.4, 0.5) is 0 Å². The standard InChI is InChI=1S/C21H23ClO4/c1-5-25-20(24)21(3,4)26-19(23)13-17-11-10-16(12-18(17)22)15-8-6-14(2)7-9-15/h6-12H,5,13H2,1-4H3. The van der Waals surface area contributed by atoms with Crippen molar-refractivity contribution in [2.75, 3.05) is 6.61 Å². The second-order valence-corrected chi connectivity index (χ2v) is 6.96. The van der Waals surface area contributed by atoms with Gasteiger partial charge in [-0.05, 0) is 50.5 Å². The van der Waals surface area contributed by atoms with Gasteiger partial charge in [-0.1, -0.05) is 53.6 Å². The molecule has 0 fully saturated rings. The molecule has 2 aromatic rings. The number of hydrogen-bond acceptors (Lipinski definition) is 4. The number of aryl methyl sites for hydroxylation is 1. The van der Waals surface area contributed by atoms with Crippen molar-refractivity contribution in [2.24, 2.45) is 0 Å². The van der Waals surface area contributed by atoms with Crippen LogP contribution in [0.1, 0.15) is 31.9 Å². The van der Waals surface area contributed by atoms with Crippen LogP contribution in [0.5, 0.6) is 0 Å². The monoisotopic (exact) mass is 374 g/mol. The molecule has 0 aliphatic heterocycles. The van der Waals surface area contributed by atoms with Crippen molar-refractivity contribution in [3.63, 3.8) is 0 Å². The molecule has 0 radical (unpaired) electrons. The van der Waals surface area contributed by atoms with Gasteiger partial charge in [0.15, 0.2) is 0 Å². The summed E-state index contributed by atoms with van der Waals surface area (Å²) >= 11 is 6.34. The van der Waals surface area contributed by atoms with Gasteiger partial charge in [-0.2, -0.15) is 0 Å². The average Bonchev–Trinajstić information content (AvgIpc) is 2.57. The quantitative estimate of drug-likeness (QED) is 0.685. The van der Waals surface area contributed by atoms with E-state index in [1.165, 1.54) is 19.4 Å². The van der Waals surface area contributed by atoms with Crippen LogP contribution in [0, 0.1) is 6.92 Å². The summed E-state index contributed by atoms with van der Waals surface area (Å²) in [4.78, 5) is 24.0. The number of hydrogen-bond donors (Lipinski definition) is 0. The molecule has 0 heterocycles. The molecule has 138 valence electrons. The average molecular weight is 375 g/mol. The van der Waals surface area contributed by atoms with E-state index in [-0.39, 0.29) is 13.0 Å². The SMILES string of the molecule is CCOC(=O)C(C)(C)OC(=O)Cc1ccc(-c2ccc(C)cc2)cc1Cl. The highest BCUT2D eigenvalue weighted by molar-refractivity contribution is 6.31. The Morgan fingerprint density at radius 3 is 2.23 bits per heavy atom. The first kappa shape index (κ1) is 20.0. The van der Waals surface area contributed by atoms with Gasteiger partial charge < -0.3 is 9.47 Å². The Morgan fingerprint density at radius 2 is 1.65 bits per heavy atom. The summed E-state index contributed by atoms with van der Waals surface area (Å²) in [5.74, 6) is -1.11. The zero-order chi connectivity index (χ0) is 19.3. The minimum Gasteiger partial charge on any atom is -0.463 e. The van der Waals surface area contributed by atoms with Crippen molar-refractivity contribution in [3.05, 3.63) is 58.6 Å². The summed E-state index contributed by atoms with van der Waals surface area (Å²) in [7, 11) is 0. The Labute approximate surface area is 159 Å². The second kappa shape index (κ2) is 8.37. The van der Waals surface area contributed by atoms with Gasteiger partial charge >= 0.3 is 11.9 Å². The van der Waals surface area contributed by atoms with Crippen molar-refractivity contribution >= 4 is 23.5 Å². The maximum Gasteiger partial charge on any atom is 0.349 e. The lowest BCUT2D eigenvalue weighted by Crippen LogP contribution is -2.39. The van der Waals surface area contributed by atoms with E-state index in [9.17, 15) is 9.59 Å². The highest BCUT2D eigenvalue weighted by Crippen LogP contribution is 2.27. The van der Waals surface area contributed by atoms with Gasteiger partial charge in [0.1, 0.15) is 0 Å². The molecule has 0 saturated carbocycles. The number of halogens is 1. The summed E-state index contributed by atoms with van der Waals surface area (Å²) in [6.07, 6.45) is -0.0180. The van der Waals surface area contributed by atoms with E-state index in [2.05, 4.69) is 0 Å². The lowest BCUT2D eigenvalue weighted by Gasteiger charge is -2.22. The molecule has 0 unspecified atom stereocenters. The first-order valence-corrected chi connectivity index (χ1v) is 8.85. The third-order valence-corrected chi connectivity index (χ3v) is 4.26. The predicted octanol–water partition coefficient (Wildman–Crippen LogP) is 4.74. The molecule has 5 heteroatoms. The largest absolute Gasteiger partial charge is 0.463 e. The molecule has 2 rings (SSSR count). The van der Waals surface area contributed by atoms with Crippen LogP contribution in [0.3, 0.4) is 0 Å². The van der Waals surface area contributed by atoms with E-state index < -0.39 is 17.5 Å². The van der Waals surface area contributed by atoms with Gasteiger partial charge in [0.05, 0.1) is 13.0 Å². The van der Waals surface area contributed by atoms with Crippen LogP contribution in [-0.2, 0) is 25.5 Å². The summed E-state index contributed by atoms with van der Waals surface area (Å²) in [6.45, 7) is 6.97. The van der Waals surface area contributed by atoms with Crippen molar-refractivity contribution in [2.45, 2.75) is 39.7 Å². The Balaban J connectivity index is 2.09. The zero-order valence-electron chi connectivity index (χ0n) is 15.5. The predicted molar refractivity (Wildman–Crippen MR) is 102 cm³/mol. The smallest absolute Gasteiger partial charge is 0.349 e. The molecule has 4 nitrogen and oxygen atoms in total. The third-order valence-electron chi connectivity index (χ3n) is 3.91. The molecule has 0 amide bonds. The molecule has 26 heavy (non-hydrogen) atoms. The van der Waals surface area contributed by atoms with E-state index >= 15 is 0 Å². The Kier molecular flexibility index (Phi) is 6.43. The Morgan fingerprint density at radius 1 is 1.04 bits per heavy atom. The molecule has 2 aromatic carbocycles. The van der Waals surface area contributed by atoms with Crippen LogP contribution in [0.25, 0.3) is 11.1 Å². The van der Waals surface area contributed by atoms with E-state index in [1.807, 2.05) is 43.3 Å². The molecule has 0 aromatic heterocycles. The minimum absolute atomic E-state index is 0.0180. The van der Waals surface area contributed by atoms with Gasteiger partial charge in [0.25, 0.3) is 0 Å². The van der Waals surface area contributed by atoms with Crippen LogP contribution >= 0.6 is 11.6 Å². The molecular formula is C21H23ClO4. The number of esters is 2.